The minimum atomic E-state index is 0. The molecule has 88 valence electrons. The van der Waals surface area contributed by atoms with Crippen LogP contribution < -0.4 is 17.0 Å². The summed E-state index contributed by atoms with van der Waals surface area (Å²) in [6.07, 6.45) is 8.24. The molecule has 0 radical (unpaired) electrons. The molecular weight excluding hydrogens is 226 g/mol. The van der Waals surface area contributed by atoms with Gasteiger partial charge >= 0.3 is 5.82 Å². The number of unbranched alkanes of at least 4 members (excludes halogenated alkanes) is 2. The minimum absolute atomic E-state index is 0. The van der Waals surface area contributed by atoms with E-state index in [2.05, 4.69) is 24.0 Å². The lowest BCUT2D eigenvalue weighted by Crippen LogP contribution is -3.00. The molecule has 1 aromatic heterocycles. The maximum Gasteiger partial charge on any atom is 0.316 e. The highest BCUT2D eigenvalue weighted by Crippen LogP contribution is 1.92. The Bertz CT molecular complexity index is 401. The van der Waals surface area contributed by atoms with Gasteiger partial charge in [-0.3, -0.25) is 0 Å². The monoisotopic (exact) mass is 241 g/mol. The summed E-state index contributed by atoms with van der Waals surface area (Å²) in [5.41, 5.74) is 0. The quantitative estimate of drug-likeness (QED) is 0.165. The Labute approximate surface area is 102 Å². The number of halogens is 1. The highest BCUT2D eigenvalue weighted by atomic mass is 35.5. The van der Waals surface area contributed by atoms with Crippen LogP contribution in [-0.4, -0.2) is 16.0 Å². The van der Waals surface area contributed by atoms with Crippen LogP contribution in [-0.2, 0) is 7.05 Å². The molecule has 1 heterocycles. The van der Waals surface area contributed by atoms with Crippen molar-refractivity contribution < 1.29 is 22.2 Å². The number of hydrogen-bond donors (Lipinski definition) is 1. The molecule has 0 amide bonds. The van der Waals surface area contributed by atoms with E-state index in [9.17, 15) is 0 Å². The number of nitrogens with zero attached hydrogens (tertiary/aromatic N) is 3. The van der Waals surface area contributed by atoms with Crippen molar-refractivity contribution in [1.82, 2.24) is 4.57 Å². The van der Waals surface area contributed by atoms with Gasteiger partial charge in [-0.25, -0.2) is 4.57 Å². The van der Waals surface area contributed by atoms with Gasteiger partial charge in [-0.2, -0.15) is 0 Å². The van der Waals surface area contributed by atoms with Crippen LogP contribution in [0.15, 0.2) is 17.5 Å². The van der Waals surface area contributed by atoms with Crippen LogP contribution in [0.3, 0.4) is 0 Å². The van der Waals surface area contributed by atoms with Crippen molar-refractivity contribution in [3.8, 4) is 12.0 Å². The molecule has 0 saturated heterocycles. The van der Waals surface area contributed by atoms with Gasteiger partial charge in [0.25, 0.3) is 0 Å². The average Bonchev–Trinajstić information content (AvgIpc) is 2.57. The molecule has 0 aromatic carbocycles. The third-order valence-electron chi connectivity index (χ3n) is 2.08. The maximum absolute atomic E-state index is 8.49. The summed E-state index contributed by atoms with van der Waals surface area (Å²) in [5, 5.41) is 11.5. The highest BCUT2D eigenvalue weighted by Gasteiger charge is 2.09. The highest BCUT2D eigenvalue weighted by molar-refractivity contribution is 5.72. The van der Waals surface area contributed by atoms with E-state index in [0.717, 1.165) is 25.1 Å². The number of aryl methyl sites for hydroxylation is 1. The predicted molar refractivity (Wildman–Crippen MR) is 57.7 cm³/mol. The summed E-state index contributed by atoms with van der Waals surface area (Å²) in [6, 6.07) is 3.00. The molecule has 5 heteroatoms. The van der Waals surface area contributed by atoms with Crippen LogP contribution in [0.25, 0.3) is 0 Å². The van der Waals surface area contributed by atoms with E-state index < -0.39 is 0 Å². The zero-order chi connectivity index (χ0) is 11.1. The van der Waals surface area contributed by atoms with Gasteiger partial charge in [0.1, 0.15) is 18.4 Å². The van der Waals surface area contributed by atoms with E-state index in [0.29, 0.717) is 0 Å². The molecule has 0 aliphatic rings. The molecule has 1 aromatic rings. The molecule has 1 rings (SSSR count). The number of rotatable bonds is 3. The third-order valence-corrected chi connectivity index (χ3v) is 2.08. The lowest BCUT2D eigenvalue weighted by molar-refractivity contribution is -0.671. The first-order valence-electron chi connectivity index (χ1n) is 5.03. The van der Waals surface area contributed by atoms with E-state index >= 15 is 0 Å². The van der Waals surface area contributed by atoms with Crippen molar-refractivity contribution in [3.63, 3.8) is 0 Å². The molecule has 0 unspecified atom stereocenters. The molecule has 4 nitrogen and oxygen atoms in total. The fraction of sp³-hybridized carbons (Fsp3) is 0.455. The molecule has 1 N–H and O–H groups in total. The van der Waals surface area contributed by atoms with Crippen molar-refractivity contribution in [3.05, 3.63) is 18.2 Å². The van der Waals surface area contributed by atoms with Crippen molar-refractivity contribution in [2.75, 3.05) is 0 Å². The number of hydrogen-bond acceptors (Lipinski definition) is 2. The van der Waals surface area contributed by atoms with E-state index in [1.165, 1.54) is 6.21 Å². The predicted octanol–water partition coefficient (Wildman–Crippen LogP) is -1.88. The van der Waals surface area contributed by atoms with Gasteiger partial charge in [-0.05, 0) is 6.42 Å². The molecule has 0 saturated carbocycles. The van der Waals surface area contributed by atoms with Gasteiger partial charge in [-0.15, -0.1) is 4.57 Å². The second-order valence-electron chi connectivity index (χ2n) is 3.27. The lowest BCUT2D eigenvalue weighted by atomic mass is 10.3. The summed E-state index contributed by atoms with van der Waals surface area (Å²) < 4.78 is 3.59. The van der Waals surface area contributed by atoms with Crippen molar-refractivity contribution in [2.24, 2.45) is 12.2 Å². The van der Waals surface area contributed by atoms with Crippen LogP contribution in [0, 0.1) is 12.0 Å². The first-order chi connectivity index (χ1) is 7.29. The smallest absolute Gasteiger partial charge is 0.316 e. The minimum Gasteiger partial charge on any atom is -1.00 e. The number of aromatic nitrogens is 2. The Balaban J connectivity index is 0.00000225. The fourth-order valence-corrected chi connectivity index (χ4v) is 1.20. The van der Waals surface area contributed by atoms with Gasteiger partial charge < -0.3 is 17.6 Å². The summed E-state index contributed by atoms with van der Waals surface area (Å²) in [7, 11) is 1.88. The molecule has 0 atom stereocenters. The summed E-state index contributed by atoms with van der Waals surface area (Å²) in [4.78, 5) is 0. The zero-order valence-corrected chi connectivity index (χ0v) is 10.3. The average molecular weight is 242 g/mol. The Morgan fingerprint density at radius 3 is 3.00 bits per heavy atom. The largest absolute Gasteiger partial charge is 1.00 e. The number of oxime groups is 1. The standard InChI is InChI=1S/C11H15N3O.ClH/c1-3-4-5-6-7-14-9-8-13(2)11(14)10-12-15;/h8-10H,3-5H2,1-2H3;1H. The van der Waals surface area contributed by atoms with Gasteiger partial charge in [0.05, 0.1) is 7.05 Å². The van der Waals surface area contributed by atoms with Gasteiger partial charge in [-0.1, -0.05) is 24.4 Å². The molecular formula is C11H16ClN3O. The normalized spacial score (nSPS) is 9.62. The summed E-state index contributed by atoms with van der Waals surface area (Å²) in [5.74, 6) is 3.82. The van der Waals surface area contributed by atoms with E-state index in [1.807, 2.05) is 24.0 Å². The van der Waals surface area contributed by atoms with Gasteiger partial charge in [0.2, 0.25) is 0 Å². The molecule has 0 fully saturated rings. The van der Waals surface area contributed by atoms with E-state index in [4.69, 9.17) is 5.21 Å². The molecule has 16 heavy (non-hydrogen) atoms. The van der Waals surface area contributed by atoms with Crippen LogP contribution in [0.4, 0.5) is 0 Å². The van der Waals surface area contributed by atoms with Crippen molar-refractivity contribution in [1.29, 1.82) is 0 Å². The zero-order valence-electron chi connectivity index (χ0n) is 9.52. The Morgan fingerprint density at radius 1 is 1.62 bits per heavy atom. The summed E-state index contributed by atoms with van der Waals surface area (Å²) >= 11 is 0. The van der Waals surface area contributed by atoms with Crippen LogP contribution in [0.1, 0.15) is 32.0 Å². The Hall–Kier alpha value is -1.47. The second-order valence-corrected chi connectivity index (χ2v) is 3.27. The fourth-order valence-electron chi connectivity index (χ4n) is 1.20. The lowest BCUT2D eigenvalue weighted by Gasteiger charge is -1.87. The van der Waals surface area contributed by atoms with Gasteiger partial charge in [0.15, 0.2) is 6.21 Å². The van der Waals surface area contributed by atoms with Crippen LogP contribution >= 0.6 is 0 Å². The summed E-state index contributed by atoms with van der Waals surface area (Å²) in [6.45, 7) is 2.14. The molecule has 0 aliphatic carbocycles. The first kappa shape index (κ1) is 14.5. The molecule has 0 bridgehead atoms. The van der Waals surface area contributed by atoms with Crippen molar-refractivity contribution in [2.45, 2.75) is 26.2 Å². The molecule has 0 aliphatic heterocycles. The topological polar surface area (TPSA) is 41.4 Å². The third kappa shape index (κ3) is 3.95. The molecule has 0 spiro atoms. The SMILES string of the molecule is CCCCC#Cn1cc[n+](C)c1C=NO.[Cl-]. The van der Waals surface area contributed by atoms with Gasteiger partial charge in [0, 0.05) is 6.42 Å². The van der Waals surface area contributed by atoms with Crippen LogP contribution in [0.5, 0.6) is 0 Å². The second kappa shape index (κ2) is 7.77. The van der Waals surface area contributed by atoms with E-state index in [-0.39, 0.29) is 12.4 Å². The van der Waals surface area contributed by atoms with Crippen molar-refractivity contribution >= 4 is 6.21 Å². The first-order valence-corrected chi connectivity index (χ1v) is 5.03. The Morgan fingerprint density at radius 2 is 2.38 bits per heavy atom. The Kier molecular flexibility index (Phi) is 7.06. The van der Waals surface area contributed by atoms with Crippen LogP contribution in [0.2, 0.25) is 0 Å². The number of imidazole rings is 1. The maximum atomic E-state index is 8.49. The van der Waals surface area contributed by atoms with E-state index in [1.54, 1.807) is 4.57 Å².